The van der Waals surface area contributed by atoms with Gasteiger partial charge in [0.25, 0.3) is 0 Å². The predicted octanol–water partition coefficient (Wildman–Crippen LogP) is 4.56. The van der Waals surface area contributed by atoms with E-state index >= 15 is 0 Å². The van der Waals surface area contributed by atoms with Gasteiger partial charge < -0.3 is 15.5 Å². The maximum atomic E-state index is 12.5. The Balaban J connectivity index is 1.42. The number of rotatable bonds is 7. The number of nitrogens with zero attached hydrogens (tertiary/aromatic N) is 2. The first-order valence-electron chi connectivity index (χ1n) is 9.86. The van der Waals surface area contributed by atoms with E-state index in [0.717, 1.165) is 38.9 Å². The highest BCUT2D eigenvalue weighted by Crippen LogP contribution is 2.32. The lowest BCUT2D eigenvalue weighted by Gasteiger charge is -2.32. The van der Waals surface area contributed by atoms with E-state index in [2.05, 4.69) is 20.5 Å². The van der Waals surface area contributed by atoms with Crippen LogP contribution >= 0.6 is 11.8 Å². The third-order valence-corrected chi connectivity index (χ3v) is 6.05. The molecule has 30 heavy (non-hydrogen) atoms. The fraction of sp³-hybridized carbons (Fsp3) is 0.429. The molecule has 0 aliphatic carbocycles. The number of thioether (sulfide) groups is 1. The standard InChI is InChI=1S/C21H25F3N4OS/c22-21(23,24)15-30-19-4-2-1-3-18(19)27-20(29)26-17-8-13-28(14-9-17)12-7-16-5-10-25-11-6-16/h1-6,10-11,17H,7-9,12-15H2,(H2,26,27,29). The summed E-state index contributed by atoms with van der Waals surface area (Å²) in [6, 6.07) is 10.2. The number of carbonyl (C=O) groups is 1. The summed E-state index contributed by atoms with van der Waals surface area (Å²) in [5.41, 5.74) is 1.64. The summed E-state index contributed by atoms with van der Waals surface area (Å²) in [7, 11) is 0. The summed E-state index contributed by atoms with van der Waals surface area (Å²) in [5.74, 6) is -0.995. The molecule has 0 atom stereocenters. The van der Waals surface area contributed by atoms with Crippen molar-refractivity contribution in [3.8, 4) is 0 Å². The molecule has 1 aliphatic heterocycles. The van der Waals surface area contributed by atoms with Gasteiger partial charge in [0.1, 0.15) is 0 Å². The third-order valence-electron chi connectivity index (χ3n) is 4.92. The fourth-order valence-corrected chi connectivity index (χ4v) is 4.11. The number of urea groups is 1. The number of carbonyl (C=O) groups excluding carboxylic acids is 1. The molecular formula is C21H25F3N4OS. The Labute approximate surface area is 178 Å². The molecule has 1 aliphatic rings. The Bertz CT molecular complexity index is 811. The molecule has 0 unspecified atom stereocenters. The van der Waals surface area contributed by atoms with E-state index in [1.54, 1.807) is 36.7 Å². The summed E-state index contributed by atoms with van der Waals surface area (Å²) in [5, 5.41) is 5.64. The van der Waals surface area contributed by atoms with Crippen molar-refractivity contribution in [3.05, 3.63) is 54.4 Å². The van der Waals surface area contributed by atoms with Crippen LogP contribution < -0.4 is 10.6 Å². The van der Waals surface area contributed by atoms with Crippen molar-refractivity contribution < 1.29 is 18.0 Å². The minimum absolute atomic E-state index is 0.0529. The molecular weight excluding hydrogens is 413 g/mol. The van der Waals surface area contributed by atoms with Crippen LogP contribution in [0.2, 0.25) is 0 Å². The molecule has 1 saturated heterocycles. The van der Waals surface area contributed by atoms with Crippen LogP contribution in [-0.4, -0.2) is 53.5 Å². The van der Waals surface area contributed by atoms with Gasteiger partial charge in [-0.15, -0.1) is 11.8 Å². The van der Waals surface area contributed by atoms with Crippen LogP contribution in [0.25, 0.3) is 0 Å². The Morgan fingerprint density at radius 2 is 1.83 bits per heavy atom. The van der Waals surface area contributed by atoms with Crippen LogP contribution in [-0.2, 0) is 6.42 Å². The third kappa shape index (κ3) is 7.53. The molecule has 0 radical (unpaired) electrons. The van der Waals surface area contributed by atoms with Crippen molar-refractivity contribution in [1.82, 2.24) is 15.2 Å². The molecule has 1 aromatic carbocycles. The van der Waals surface area contributed by atoms with Crippen LogP contribution in [0, 0.1) is 0 Å². The minimum Gasteiger partial charge on any atom is -0.335 e. The quantitative estimate of drug-likeness (QED) is 0.622. The van der Waals surface area contributed by atoms with E-state index in [1.165, 1.54) is 5.56 Å². The highest BCUT2D eigenvalue weighted by Gasteiger charge is 2.28. The number of nitrogens with one attached hydrogen (secondary N) is 2. The number of likely N-dealkylation sites (tertiary alicyclic amines) is 1. The first-order valence-corrected chi connectivity index (χ1v) is 10.8. The topological polar surface area (TPSA) is 57.3 Å². The summed E-state index contributed by atoms with van der Waals surface area (Å²) in [4.78, 5) is 19.1. The zero-order chi connectivity index (χ0) is 21.4. The zero-order valence-corrected chi connectivity index (χ0v) is 17.3. The number of benzene rings is 1. The van der Waals surface area contributed by atoms with E-state index in [1.807, 2.05) is 12.1 Å². The molecule has 5 nitrogen and oxygen atoms in total. The SMILES string of the molecule is O=C(Nc1ccccc1SCC(F)(F)F)NC1CCN(CCc2ccncc2)CC1. The van der Waals surface area contributed by atoms with Crippen LogP contribution in [0.4, 0.5) is 23.7 Å². The first-order chi connectivity index (χ1) is 14.4. The number of alkyl halides is 3. The number of pyridine rings is 1. The molecule has 0 spiro atoms. The fourth-order valence-electron chi connectivity index (χ4n) is 3.34. The van der Waals surface area contributed by atoms with Gasteiger partial charge in [-0.2, -0.15) is 13.2 Å². The van der Waals surface area contributed by atoms with Gasteiger partial charge >= 0.3 is 12.2 Å². The van der Waals surface area contributed by atoms with Gasteiger partial charge in [0.2, 0.25) is 0 Å². The Kier molecular flexibility index (Phi) is 7.98. The normalized spacial score (nSPS) is 15.7. The maximum absolute atomic E-state index is 12.5. The van der Waals surface area contributed by atoms with Crippen LogP contribution in [0.3, 0.4) is 0 Å². The van der Waals surface area contributed by atoms with Gasteiger partial charge in [0.15, 0.2) is 0 Å². The Morgan fingerprint density at radius 3 is 2.53 bits per heavy atom. The van der Waals surface area contributed by atoms with Crippen LogP contribution in [0.5, 0.6) is 0 Å². The number of aromatic nitrogens is 1. The second-order valence-electron chi connectivity index (χ2n) is 7.22. The molecule has 162 valence electrons. The molecule has 1 aromatic heterocycles. The molecule has 2 aromatic rings. The monoisotopic (exact) mass is 438 g/mol. The molecule has 3 rings (SSSR count). The van der Waals surface area contributed by atoms with E-state index in [-0.39, 0.29) is 12.1 Å². The number of anilines is 1. The molecule has 0 saturated carbocycles. The number of amides is 2. The van der Waals surface area contributed by atoms with E-state index in [4.69, 9.17) is 0 Å². The number of hydrogen-bond donors (Lipinski definition) is 2. The van der Waals surface area contributed by atoms with E-state index in [0.29, 0.717) is 22.3 Å². The minimum atomic E-state index is -4.26. The van der Waals surface area contributed by atoms with Crippen molar-refractivity contribution in [2.75, 3.05) is 30.7 Å². The van der Waals surface area contributed by atoms with Gasteiger partial charge in [-0.3, -0.25) is 4.98 Å². The predicted molar refractivity (Wildman–Crippen MR) is 113 cm³/mol. The van der Waals surface area contributed by atoms with Gasteiger partial charge in [-0.1, -0.05) is 12.1 Å². The molecule has 9 heteroatoms. The average Bonchev–Trinajstić information content (AvgIpc) is 2.73. The molecule has 2 N–H and O–H groups in total. The lowest BCUT2D eigenvalue weighted by Crippen LogP contribution is -2.46. The van der Waals surface area contributed by atoms with Crippen molar-refractivity contribution in [2.45, 2.75) is 36.4 Å². The number of hydrogen-bond acceptors (Lipinski definition) is 4. The maximum Gasteiger partial charge on any atom is 0.398 e. The largest absolute Gasteiger partial charge is 0.398 e. The first kappa shape index (κ1) is 22.4. The molecule has 1 fully saturated rings. The van der Waals surface area contributed by atoms with E-state index in [9.17, 15) is 18.0 Å². The van der Waals surface area contributed by atoms with Crippen molar-refractivity contribution >= 4 is 23.5 Å². The van der Waals surface area contributed by atoms with Gasteiger partial charge in [0, 0.05) is 43.0 Å². The summed E-state index contributed by atoms with van der Waals surface area (Å²) >= 11 is 0.668. The Hall–Kier alpha value is -2.26. The lowest BCUT2D eigenvalue weighted by atomic mass is 10.0. The smallest absolute Gasteiger partial charge is 0.335 e. The lowest BCUT2D eigenvalue weighted by molar-refractivity contribution is -0.105. The highest BCUT2D eigenvalue weighted by atomic mass is 32.2. The summed E-state index contributed by atoms with van der Waals surface area (Å²) in [6.45, 7) is 2.76. The second kappa shape index (κ2) is 10.7. The molecule has 0 bridgehead atoms. The van der Waals surface area contributed by atoms with Crippen molar-refractivity contribution in [1.29, 1.82) is 0 Å². The average molecular weight is 439 g/mol. The van der Waals surface area contributed by atoms with Gasteiger partial charge in [-0.05, 0) is 49.1 Å². The number of piperidine rings is 1. The van der Waals surface area contributed by atoms with E-state index < -0.39 is 11.9 Å². The number of halogens is 3. The zero-order valence-electron chi connectivity index (χ0n) is 16.5. The van der Waals surface area contributed by atoms with Crippen LogP contribution in [0.15, 0.2) is 53.7 Å². The summed E-state index contributed by atoms with van der Waals surface area (Å²) < 4.78 is 37.5. The van der Waals surface area contributed by atoms with Crippen molar-refractivity contribution in [2.24, 2.45) is 0 Å². The number of para-hydroxylation sites is 1. The van der Waals surface area contributed by atoms with Gasteiger partial charge in [-0.25, -0.2) is 4.79 Å². The van der Waals surface area contributed by atoms with Gasteiger partial charge in [0.05, 0.1) is 11.4 Å². The second-order valence-corrected chi connectivity index (χ2v) is 8.24. The molecule has 2 amide bonds. The molecule has 2 heterocycles. The Morgan fingerprint density at radius 1 is 1.13 bits per heavy atom. The van der Waals surface area contributed by atoms with Crippen molar-refractivity contribution in [3.63, 3.8) is 0 Å². The highest BCUT2D eigenvalue weighted by molar-refractivity contribution is 7.99. The van der Waals surface area contributed by atoms with Crippen LogP contribution in [0.1, 0.15) is 18.4 Å². The summed E-state index contributed by atoms with van der Waals surface area (Å²) in [6.07, 6.45) is 1.98.